The van der Waals surface area contributed by atoms with Crippen LogP contribution in [-0.2, 0) is 6.42 Å². The fourth-order valence-electron chi connectivity index (χ4n) is 4.17. The van der Waals surface area contributed by atoms with Crippen LogP contribution in [0.2, 0.25) is 0 Å². The molecule has 0 spiro atoms. The summed E-state index contributed by atoms with van der Waals surface area (Å²) in [5.41, 5.74) is 5.27. The number of rotatable bonds is 9. The predicted molar refractivity (Wildman–Crippen MR) is 120 cm³/mol. The number of anilines is 1. The van der Waals surface area contributed by atoms with Gasteiger partial charge in [0.15, 0.2) is 0 Å². The summed E-state index contributed by atoms with van der Waals surface area (Å²) in [6.45, 7) is 4.84. The number of aromatic nitrogens is 2. The van der Waals surface area contributed by atoms with Crippen LogP contribution in [-0.4, -0.2) is 43.1 Å². The van der Waals surface area contributed by atoms with Crippen molar-refractivity contribution in [3.8, 4) is 28.6 Å². The van der Waals surface area contributed by atoms with Crippen molar-refractivity contribution in [1.82, 2.24) is 15.5 Å². The SMILES string of the molecule is CNc1cc(-c2nc(-c3cccc4c3CCC4CNCCF)no2)ccc1OC(C)C. The van der Waals surface area contributed by atoms with Gasteiger partial charge in [-0.25, -0.2) is 4.39 Å². The highest BCUT2D eigenvalue weighted by molar-refractivity contribution is 5.70. The second-order valence-electron chi connectivity index (χ2n) is 8.05. The van der Waals surface area contributed by atoms with E-state index < -0.39 is 0 Å². The Morgan fingerprint density at radius 2 is 2.13 bits per heavy atom. The number of nitrogens with one attached hydrogen (secondary N) is 2. The van der Waals surface area contributed by atoms with Crippen LogP contribution in [0.3, 0.4) is 0 Å². The molecule has 6 nitrogen and oxygen atoms in total. The predicted octanol–water partition coefficient (Wildman–Crippen LogP) is 4.82. The molecule has 2 aromatic carbocycles. The van der Waals surface area contributed by atoms with E-state index in [9.17, 15) is 4.39 Å². The van der Waals surface area contributed by atoms with Crippen molar-refractivity contribution in [1.29, 1.82) is 0 Å². The summed E-state index contributed by atoms with van der Waals surface area (Å²) in [4.78, 5) is 4.68. The van der Waals surface area contributed by atoms with Crippen molar-refractivity contribution in [2.45, 2.75) is 38.7 Å². The standard InChI is InChI=1S/C24H29FN4O2/c1-15(2)30-22-10-8-16(13-21(22)26-3)24-28-23(29-31-24)20-6-4-5-18-17(7-9-19(18)20)14-27-12-11-25/h4-6,8,10,13,15,17,26-27H,7,9,11-12,14H2,1-3H3. The molecule has 1 atom stereocenters. The highest BCUT2D eigenvalue weighted by atomic mass is 19.1. The second-order valence-corrected chi connectivity index (χ2v) is 8.05. The molecule has 0 saturated carbocycles. The minimum Gasteiger partial charge on any atom is -0.489 e. The largest absolute Gasteiger partial charge is 0.489 e. The first kappa shape index (κ1) is 21.3. The molecule has 0 saturated heterocycles. The number of benzene rings is 2. The molecule has 4 rings (SSSR count). The van der Waals surface area contributed by atoms with E-state index in [1.165, 1.54) is 11.1 Å². The van der Waals surface area contributed by atoms with Gasteiger partial charge >= 0.3 is 0 Å². The molecule has 1 aliphatic carbocycles. The molecular formula is C24H29FN4O2. The second kappa shape index (κ2) is 9.47. The lowest BCUT2D eigenvalue weighted by Gasteiger charge is -2.14. The Kier molecular flexibility index (Phi) is 6.51. The van der Waals surface area contributed by atoms with E-state index in [1.54, 1.807) is 0 Å². The van der Waals surface area contributed by atoms with Crippen LogP contribution in [0.4, 0.5) is 10.1 Å². The molecule has 164 valence electrons. The van der Waals surface area contributed by atoms with E-state index in [-0.39, 0.29) is 12.8 Å². The van der Waals surface area contributed by atoms with Gasteiger partial charge in [-0.2, -0.15) is 4.98 Å². The van der Waals surface area contributed by atoms with E-state index in [4.69, 9.17) is 9.26 Å². The normalized spacial score (nSPS) is 15.3. The molecule has 1 aliphatic rings. The lowest BCUT2D eigenvalue weighted by atomic mass is 9.98. The molecule has 1 unspecified atom stereocenters. The van der Waals surface area contributed by atoms with Gasteiger partial charge in [0, 0.05) is 31.3 Å². The summed E-state index contributed by atoms with van der Waals surface area (Å²) in [7, 11) is 1.86. The average molecular weight is 425 g/mol. The monoisotopic (exact) mass is 424 g/mol. The zero-order valence-corrected chi connectivity index (χ0v) is 18.2. The number of nitrogens with zero attached hydrogens (tertiary/aromatic N) is 2. The smallest absolute Gasteiger partial charge is 0.258 e. The number of hydrogen-bond acceptors (Lipinski definition) is 6. The zero-order chi connectivity index (χ0) is 21.8. The topological polar surface area (TPSA) is 72.2 Å². The number of halogens is 1. The van der Waals surface area contributed by atoms with E-state index in [0.29, 0.717) is 24.2 Å². The first-order chi connectivity index (χ1) is 15.1. The maximum absolute atomic E-state index is 12.4. The summed E-state index contributed by atoms with van der Waals surface area (Å²) in [6, 6.07) is 12.0. The summed E-state index contributed by atoms with van der Waals surface area (Å²) >= 11 is 0. The van der Waals surface area contributed by atoms with Crippen LogP contribution in [0.5, 0.6) is 5.75 Å². The van der Waals surface area contributed by atoms with Gasteiger partial charge in [-0.15, -0.1) is 0 Å². The fourth-order valence-corrected chi connectivity index (χ4v) is 4.17. The summed E-state index contributed by atoms with van der Waals surface area (Å²) in [6.07, 6.45) is 2.09. The van der Waals surface area contributed by atoms with Crippen LogP contribution in [0, 0.1) is 0 Å². The van der Waals surface area contributed by atoms with Gasteiger partial charge in [0.1, 0.15) is 12.4 Å². The molecule has 1 aromatic heterocycles. The highest BCUT2D eigenvalue weighted by Crippen LogP contribution is 2.38. The third-order valence-electron chi connectivity index (χ3n) is 5.58. The van der Waals surface area contributed by atoms with Gasteiger partial charge in [0.25, 0.3) is 5.89 Å². The average Bonchev–Trinajstić information content (AvgIpc) is 3.41. The van der Waals surface area contributed by atoms with Crippen molar-refractivity contribution in [3.63, 3.8) is 0 Å². The first-order valence-corrected chi connectivity index (χ1v) is 10.8. The maximum Gasteiger partial charge on any atom is 0.258 e. The van der Waals surface area contributed by atoms with Gasteiger partial charge in [-0.1, -0.05) is 23.4 Å². The highest BCUT2D eigenvalue weighted by Gasteiger charge is 2.26. The molecule has 0 bridgehead atoms. The fraction of sp³-hybridized carbons (Fsp3) is 0.417. The van der Waals surface area contributed by atoms with Gasteiger partial charge in [-0.05, 0) is 61.9 Å². The third kappa shape index (κ3) is 4.56. The summed E-state index contributed by atoms with van der Waals surface area (Å²) in [5, 5.41) is 10.6. The molecule has 0 aliphatic heterocycles. The number of fused-ring (bicyclic) bond motifs is 1. The van der Waals surface area contributed by atoms with Crippen molar-refractivity contribution in [3.05, 3.63) is 47.5 Å². The maximum atomic E-state index is 12.4. The Labute approximate surface area is 182 Å². The summed E-state index contributed by atoms with van der Waals surface area (Å²) in [5.74, 6) is 2.24. The first-order valence-electron chi connectivity index (χ1n) is 10.8. The minimum absolute atomic E-state index is 0.0872. The van der Waals surface area contributed by atoms with Crippen LogP contribution < -0.4 is 15.4 Å². The van der Waals surface area contributed by atoms with E-state index in [0.717, 1.165) is 42.0 Å². The molecule has 3 aromatic rings. The lowest BCUT2D eigenvalue weighted by molar-refractivity contribution is 0.243. The third-order valence-corrected chi connectivity index (χ3v) is 5.58. The Morgan fingerprint density at radius 1 is 1.26 bits per heavy atom. The van der Waals surface area contributed by atoms with E-state index in [2.05, 4.69) is 26.8 Å². The van der Waals surface area contributed by atoms with Crippen LogP contribution in [0.25, 0.3) is 22.8 Å². The van der Waals surface area contributed by atoms with Crippen LogP contribution >= 0.6 is 0 Å². The van der Waals surface area contributed by atoms with E-state index >= 15 is 0 Å². The minimum atomic E-state index is -0.342. The molecule has 2 N–H and O–H groups in total. The molecule has 0 amide bonds. The molecular weight excluding hydrogens is 395 g/mol. The van der Waals surface area contributed by atoms with Crippen molar-refractivity contribution < 1.29 is 13.7 Å². The Balaban J connectivity index is 1.59. The van der Waals surface area contributed by atoms with Crippen molar-refractivity contribution in [2.24, 2.45) is 0 Å². The molecule has 0 fully saturated rings. The van der Waals surface area contributed by atoms with Gasteiger partial charge in [-0.3, -0.25) is 0 Å². The molecule has 31 heavy (non-hydrogen) atoms. The molecule has 0 radical (unpaired) electrons. The number of hydrogen-bond donors (Lipinski definition) is 2. The summed E-state index contributed by atoms with van der Waals surface area (Å²) < 4.78 is 23.9. The number of ether oxygens (including phenoxy) is 1. The van der Waals surface area contributed by atoms with E-state index in [1.807, 2.05) is 51.2 Å². The van der Waals surface area contributed by atoms with Crippen molar-refractivity contribution in [2.75, 3.05) is 32.1 Å². The number of alkyl halides is 1. The van der Waals surface area contributed by atoms with Gasteiger partial charge < -0.3 is 19.9 Å². The Bertz CT molecular complexity index is 1030. The van der Waals surface area contributed by atoms with Gasteiger partial charge in [0.2, 0.25) is 5.82 Å². The zero-order valence-electron chi connectivity index (χ0n) is 18.2. The molecule has 7 heteroatoms. The Hall–Kier alpha value is -2.93. The van der Waals surface area contributed by atoms with Crippen LogP contribution in [0.1, 0.15) is 37.3 Å². The van der Waals surface area contributed by atoms with Crippen LogP contribution in [0.15, 0.2) is 40.9 Å². The quantitative estimate of drug-likeness (QED) is 0.480. The Morgan fingerprint density at radius 3 is 2.90 bits per heavy atom. The molecule has 1 heterocycles. The lowest BCUT2D eigenvalue weighted by Crippen LogP contribution is -2.22. The van der Waals surface area contributed by atoms with Gasteiger partial charge in [0.05, 0.1) is 11.8 Å². The van der Waals surface area contributed by atoms with Crippen molar-refractivity contribution >= 4 is 5.69 Å².